The molecule has 1 aliphatic carbocycles. The van der Waals surface area contributed by atoms with Crippen molar-refractivity contribution in [3.05, 3.63) is 51.5 Å². The van der Waals surface area contributed by atoms with Gasteiger partial charge in [-0.3, -0.25) is 4.90 Å². The van der Waals surface area contributed by atoms with Crippen LogP contribution >= 0.6 is 11.3 Å². The number of aromatic nitrogens is 1. The summed E-state index contributed by atoms with van der Waals surface area (Å²) >= 11 is 1.74. The highest BCUT2D eigenvalue weighted by Crippen LogP contribution is 2.36. The summed E-state index contributed by atoms with van der Waals surface area (Å²) in [5.74, 6) is 0. The Morgan fingerprint density at radius 2 is 2.24 bits per heavy atom. The molecule has 0 radical (unpaired) electrons. The lowest BCUT2D eigenvalue weighted by atomic mass is 10.1. The number of fused-ring (bicyclic) bond motifs is 1. The van der Waals surface area contributed by atoms with Crippen LogP contribution in [0.1, 0.15) is 41.2 Å². The van der Waals surface area contributed by atoms with Gasteiger partial charge in [0, 0.05) is 24.5 Å². The second-order valence-corrected chi connectivity index (χ2v) is 6.48. The SMILES string of the molecule is CCc1nc(CN(CCO)C2CCc3ccccc32)cs1. The molecule has 1 aromatic heterocycles. The van der Waals surface area contributed by atoms with Crippen LogP contribution < -0.4 is 0 Å². The molecule has 0 bridgehead atoms. The maximum absolute atomic E-state index is 9.41. The van der Waals surface area contributed by atoms with Crippen LogP contribution in [-0.4, -0.2) is 28.1 Å². The van der Waals surface area contributed by atoms with Crippen molar-refractivity contribution in [3.8, 4) is 0 Å². The van der Waals surface area contributed by atoms with E-state index in [1.165, 1.54) is 16.1 Å². The molecule has 0 saturated heterocycles. The molecule has 1 aromatic carbocycles. The summed E-state index contributed by atoms with van der Waals surface area (Å²) in [6, 6.07) is 9.11. The van der Waals surface area contributed by atoms with Crippen LogP contribution in [0.5, 0.6) is 0 Å². The van der Waals surface area contributed by atoms with E-state index < -0.39 is 0 Å². The van der Waals surface area contributed by atoms with Crippen LogP contribution in [0.15, 0.2) is 29.6 Å². The van der Waals surface area contributed by atoms with Gasteiger partial charge in [-0.2, -0.15) is 0 Å². The first kappa shape index (κ1) is 14.7. The summed E-state index contributed by atoms with van der Waals surface area (Å²) in [6.07, 6.45) is 3.28. The lowest BCUT2D eigenvalue weighted by Crippen LogP contribution is -2.30. The van der Waals surface area contributed by atoms with Crippen molar-refractivity contribution in [2.75, 3.05) is 13.2 Å². The van der Waals surface area contributed by atoms with Crippen LogP contribution in [0.2, 0.25) is 0 Å². The van der Waals surface area contributed by atoms with Gasteiger partial charge in [-0.25, -0.2) is 4.98 Å². The van der Waals surface area contributed by atoms with Gasteiger partial charge in [0.15, 0.2) is 0 Å². The van der Waals surface area contributed by atoms with Gasteiger partial charge in [0.05, 0.1) is 17.3 Å². The Morgan fingerprint density at radius 1 is 1.38 bits per heavy atom. The molecule has 1 aliphatic rings. The van der Waals surface area contributed by atoms with E-state index in [2.05, 4.69) is 46.5 Å². The van der Waals surface area contributed by atoms with Gasteiger partial charge in [0.25, 0.3) is 0 Å². The number of benzene rings is 1. The summed E-state index contributed by atoms with van der Waals surface area (Å²) in [5, 5.41) is 12.8. The van der Waals surface area contributed by atoms with E-state index in [1.54, 1.807) is 11.3 Å². The Balaban J connectivity index is 1.79. The van der Waals surface area contributed by atoms with Crippen LogP contribution in [0.4, 0.5) is 0 Å². The van der Waals surface area contributed by atoms with Crippen molar-refractivity contribution in [1.29, 1.82) is 0 Å². The van der Waals surface area contributed by atoms with E-state index in [0.717, 1.165) is 31.5 Å². The minimum Gasteiger partial charge on any atom is -0.395 e. The minimum atomic E-state index is 0.198. The van der Waals surface area contributed by atoms with Crippen molar-refractivity contribution in [3.63, 3.8) is 0 Å². The second-order valence-electron chi connectivity index (χ2n) is 5.53. The largest absolute Gasteiger partial charge is 0.395 e. The average molecular weight is 302 g/mol. The Labute approximate surface area is 130 Å². The first-order valence-corrected chi connectivity index (χ1v) is 8.55. The van der Waals surface area contributed by atoms with E-state index >= 15 is 0 Å². The Hall–Kier alpha value is -1.23. The third-order valence-corrected chi connectivity index (χ3v) is 5.24. The maximum atomic E-state index is 9.41. The molecule has 0 spiro atoms. The summed E-state index contributed by atoms with van der Waals surface area (Å²) < 4.78 is 0. The fourth-order valence-electron chi connectivity index (χ4n) is 3.18. The fraction of sp³-hybridized carbons (Fsp3) is 0.471. The highest BCUT2D eigenvalue weighted by atomic mass is 32.1. The Kier molecular flexibility index (Phi) is 4.68. The molecule has 1 N–H and O–H groups in total. The summed E-state index contributed by atoms with van der Waals surface area (Å²) in [7, 11) is 0. The van der Waals surface area contributed by atoms with Gasteiger partial charge in [-0.05, 0) is 30.4 Å². The number of nitrogens with zero attached hydrogens (tertiary/aromatic N) is 2. The van der Waals surface area contributed by atoms with E-state index in [4.69, 9.17) is 0 Å². The Morgan fingerprint density at radius 3 is 3.00 bits per heavy atom. The van der Waals surface area contributed by atoms with Crippen LogP contribution in [0, 0.1) is 0 Å². The van der Waals surface area contributed by atoms with E-state index in [9.17, 15) is 5.11 Å². The third-order valence-electron chi connectivity index (χ3n) is 4.20. The molecule has 0 saturated carbocycles. The third kappa shape index (κ3) is 3.18. The number of hydrogen-bond donors (Lipinski definition) is 1. The molecule has 1 atom stereocenters. The topological polar surface area (TPSA) is 36.4 Å². The van der Waals surface area contributed by atoms with Gasteiger partial charge in [0.2, 0.25) is 0 Å². The molecule has 4 heteroatoms. The molecular weight excluding hydrogens is 280 g/mol. The second kappa shape index (κ2) is 6.69. The molecule has 3 nitrogen and oxygen atoms in total. The first-order chi connectivity index (χ1) is 10.3. The first-order valence-electron chi connectivity index (χ1n) is 7.67. The fourth-order valence-corrected chi connectivity index (χ4v) is 3.92. The zero-order valence-corrected chi connectivity index (χ0v) is 13.3. The van der Waals surface area contributed by atoms with E-state index in [-0.39, 0.29) is 6.61 Å². The molecule has 0 aliphatic heterocycles. The molecule has 0 fully saturated rings. The molecule has 112 valence electrons. The quantitative estimate of drug-likeness (QED) is 0.890. The minimum absolute atomic E-state index is 0.198. The summed E-state index contributed by atoms with van der Waals surface area (Å²) in [5.41, 5.74) is 4.02. The molecular formula is C17H22N2OS. The smallest absolute Gasteiger partial charge is 0.0926 e. The zero-order chi connectivity index (χ0) is 14.7. The normalized spacial score (nSPS) is 17.4. The summed E-state index contributed by atoms with van der Waals surface area (Å²) in [4.78, 5) is 7.05. The van der Waals surface area contributed by atoms with Crippen molar-refractivity contribution >= 4 is 11.3 Å². The molecule has 2 aromatic rings. The number of thiazole rings is 1. The van der Waals surface area contributed by atoms with Gasteiger partial charge in [0.1, 0.15) is 0 Å². The van der Waals surface area contributed by atoms with Crippen LogP contribution in [0.3, 0.4) is 0 Å². The highest BCUT2D eigenvalue weighted by Gasteiger charge is 2.27. The van der Waals surface area contributed by atoms with E-state index in [0.29, 0.717) is 12.6 Å². The van der Waals surface area contributed by atoms with Gasteiger partial charge in [-0.15, -0.1) is 11.3 Å². The van der Waals surface area contributed by atoms with Crippen molar-refractivity contribution < 1.29 is 5.11 Å². The van der Waals surface area contributed by atoms with Gasteiger partial charge >= 0.3 is 0 Å². The van der Waals surface area contributed by atoms with Crippen LogP contribution in [-0.2, 0) is 19.4 Å². The van der Waals surface area contributed by atoms with Crippen LogP contribution in [0.25, 0.3) is 0 Å². The van der Waals surface area contributed by atoms with Crippen molar-refractivity contribution in [1.82, 2.24) is 9.88 Å². The molecule has 3 rings (SSSR count). The number of aryl methyl sites for hydroxylation is 2. The molecule has 21 heavy (non-hydrogen) atoms. The predicted octanol–water partition coefficient (Wildman–Crippen LogP) is 3.19. The highest BCUT2D eigenvalue weighted by molar-refractivity contribution is 7.09. The monoisotopic (exact) mass is 302 g/mol. The molecule has 0 amide bonds. The lowest BCUT2D eigenvalue weighted by molar-refractivity contribution is 0.141. The van der Waals surface area contributed by atoms with Gasteiger partial charge < -0.3 is 5.11 Å². The lowest BCUT2D eigenvalue weighted by Gasteiger charge is -2.28. The number of rotatable bonds is 6. The Bertz CT molecular complexity index is 596. The number of hydrogen-bond acceptors (Lipinski definition) is 4. The van der Waals surface area contributed by atoms with Crippen molar-refractivity contribution in [2.45, 2.75) is 38.8 Å². The maximum Gasteiger partial charge on any atom is 0.0926 e. The zero-order valence-electron chi connectivity index (χ0n) is 12.5. The number of aliphatic hydroxyl groups excluding tert-OH is 1. The van der Waals surface area contributed by atoms with E-state index in [1.807, 2.05) is 0 Å². The summed E-state index contributed by atoms with van der Waals surface area (Å²) in [6.45, 7) is 3.87. The molecule has 1 unspecified atom stereocenters. The van der Waals surface area contributed by atoms with Crippen molar-refractivity contribution in [2.24, 2.45) is 0 Å². The molecule has 1 heterocycles. The standard InChI is InChI=1S/C17H22N2OS/c1-2-17-18-14(12-21-17)11-19(9-10-20)16-8-7-13-5-3-4-6-15(13)16/h3-6,12,16,20H,2,7-11H2,1H3. The average Bonchev–Trinajstić information content (AvgIpc) is 3.13. The number of aliphatic hydroxyl groups is 1. The van der Waals surface area contributed by atoms with Gasteiger partial charge in [-0.1, -0.05) is 31.2 Å². The predicted molar refractivity (Wildman–Crippen MR) is 86.5 cm³/mol.